The monoisotopic (exact) mass is 348 g/mol. The predicted molar refractivity (Wildman–Crippen MR) is 85.7 cm³/mol. The van der Waals surface area contributed by atoms with Gasteiger partial charge in [-0.1, -0.05) is 0 Å². The molecule has 1 aliphatic rings. The van der Waals surface area contributed by atoms with Crippen LogP contribution in [0.2, 0.25) is 0 Å². The van der Waals surface area contributed by atoms with Gasteiger partial charge in [0.15, 0.2) is 0 Å². The van der Waals surface area contributed by atoms with E-state index in [-0.39, 0.29) is 26.2 Å². The van der Waals surface area contributed by atoms with Crippen LogP contribution in [0, 0.1) is 0 Å². The second-order valence-corrected chi connectivity index (χ2v) is 5.83. The molecule has 1 unspecified atom stereocenters. The lowest BCUT2D eigenvalue weighted by molar-refractivity contribution is -0.140. The Balaban J connectivity index is 2.64. The van der Waals surface area contributed by atoms with Gasteiger partial charge in [0.25, 0.3) is 0 Å². The molecule has 10 nitrogen and oxygen atoms in total. The first-order chi connectivity index (χ1) is 11.4. The Bertz CT molecular complexity index is 369. The maximum Gasteiger partial charge on any atom is 0.317 e. The first-order valence-electron chi connectivity index (χ1n) is 8.03. The van der Waals surface area contributed by atoms with Gasteiger partial charge in [-0.05, 0) is 0 Å². The molecule has 0 amide bonds. The number of carboxylic acids is 2. The number of carbonyl (C=O) groups is 2. The van der Waals surface area contributed by atoms with Crippen LogP contribution in [-0.2, 0) is 9.59 Å². The smallest absolute Gasteiger partial charge is 0.317 e. The second-order valence-electron chi connectivity index (χ2n) is 5.83. The fourth-order valence-electron chi connectivity index (χ4n) is 2.61. The molecule has 0 spiro atoms. The Morgan fingerprint density at radius 2 is 1.29 bits per heavy atom. The van der Waals surface area contributed by atoms with Gasteiger partial charge in [0, 0.05) is 52.4 Å². The summed E-state index contributed by atoms with van der Waals surface area (Å²) in [6.45, 7) is 3.51. The van der Waals surface area contributed by atoms with Gasteiger partial charge >= 0.3 is 11.9 Å². The van der Waals surface area contributed by atoms with Crippen molar-refractivity contribution in [1.82, 2.24) is 20.0 Å². The highest BCUT2D eigenvalue weighted by molar-refractivity contribution is 5.69. The molecule has 0 radical (unpaired) electrons. The van der Waals surface area contributed by atoms with Crippen LogP contribution >= 0.6 is 0 Å². The third-order valence-corrected chi connectivity index (χ3v) is 3.84. The van der Waals surface area contributed by atoms with Gasteiger partial charge in [0.2, 0.25) is 0 Å². The van der Waals surface area contributed by atoms with Gasteiger partial charge in [0.05, 0.1) is 19.7 Å². The van der Waals surface area contributed by atoms with E-state index >= 15 is 0 Å². The minimum Gasteiger partial charge on any atom is -0.480 e. The molecular weight excluding hydrogens is 320 g/mol. The van der Waals surface area contributed by atoms with Crippen molar-refractivity contribution in [2.45, 2.75) is 6.23 Å². The molecule has 1 rings (SSSR count). The van der Waals surface area contributed by atoms with Crippen molar-refractivity contribution in [3.63, 3.8) is 0 Å². The number of hydrogen-bond donors (Lipinski definition) is 5. The molecular formula is C14H28N4O6. The summed E-state index contributed by atoms with van der Waals surface area (Å²) in [5.74, 6) is -1.84. The first kappa shape index (κ1) is 20.7. The summed E-state index contributed by atoms with van der Waals surface area (Å²) in [5.41, 5.74) is 0. The number of hydrogen-bond acceptors (Lipinski definition) is 8. The molecule has 0 aliphatic carbocycles. The van der Waals surface area contributed by atoms with Crippen LogP contribution in [-0.4, -0.2) is 125 Å². The van der Waals surface area contributed by atoms with Crippen molar-refractivity contribution >= 4 is 11.9 Å². The fraction of sp³-hybridized carbons (Fsp3) is 0.857. The van der Waals surface area contributed by atoms with Crippen molar-refractivity contribution in [3.8, 4) is 0 Å². The highest BCUT2D eigenvalue weighted by Crippen LogP contribution is 2.01. The molecule has 0 aromatic carbocycles. The average molecular weight is 348 g/mol. The van der Waals surface area contributed by atoms with Gasteiger partial charge in [-0.3, -0.25) is 29.6 Å². The van der Waals surface area contributed by atoms with Crippen molar-refractivity contribution in [1.29, 1.82) is 0 Å². The summed E-state index contributed by atoms with van der Waals surface area (Å²) in [6.07, 6.45) is -0.807. The number of rotatable bonds is 9. The number of aliphatic hydroxyl groups excluding tert-OH is 2. The third-order valence-electron chi connectivity index (χ3n) is 3.84. The molecule has 1 saturated heterocycles. The van der Waals surface area contributed by atoms with E-state index in [9.17, 15) is 14.7 Å². The number of aliphatic carboxylic acids is 2. The van der Waals surface area contributed by atoms with Crippen LogP contribution in [0.25, 0.3) is 0 Å². The number of nitrogens with zero attached hydrogens (tertiary/aromatic N) is 3. The zero-order chi connectivity index (χ0) is 17.9. The summed E-state index contributed by atoms with van der Waals surface area (Å²) < 4.78 is 0. The van der Waals surface area contributed by atoms with Crippen LogP contribution < -0.4 is 5.32 Å². The predicted octanol–water partition coefficient (Wildman–Crippen LogP) is -3.02. The van der Waals surface area contributed by atoms with E-state index in [1.54, 1.807) is 9.80 Å². The van der Waals surface area contributed by atoms with E-state index in [1.165, 1.54) is 0 Å². The van der Waals surface area contributed by atoms with Crippen LogP contribution in [0.1, 0.15) is 0 Å². The van der Waals surface area contributed by atoms with Crippen LogP contribution in [0.4, 0.5) is 0 Å². The zero-order valence-electron chi connectivity index (χ0n) is 13.8. The number of aliphatic hydroxyl groups is 2. The Hall–Kier alpha value is -1.30. The van der Waals surface area contributed by atoms with Gasteiger partial charge in [-0.15, -0.1) is 0 Å². The molecule has 0 aromatic heterocycles. The topological polar surface area (TPSA) is 137 Å². The van der Waals surface area contributed by atoms with E-state index in [0.29, 0.717) is 45.8 Å². The normalized spacial score (nSPS) is 20.1. The molecule has 1 fully saturated rings. The maximum atomic E-state index is 11.0. The lowest BCUT2D eigenvalue weighted by Gasteiger charge is -2.27. The van der Waals surface area contributed by atoms with Crippen LogP contribution in [0.5, 0.6) is 0 Å². The number of carboxylic acid groups (broad SMARTS) is 2. The van der Waals surface area contributed by atoms with Gasteiger partial charge in [-0.25, -0.2) is 0 Å². The van der Waals surface area contributed by atoms with Crippen molar-refractivity contribution in [2.75, 3.05) is 72.1 Å². The standard InChI is InChI=1S/C14H28N4O6/c19-8-1-15-12(20)9-16-2-4-17(10-13(21)22)6-7-18(5-3-16)11-14(23)24/h12,15,19-20H,1-11H2,(H,21,22)(H,23,24). The highest BCUT2D eigenvalue weighted by atomic mass is 16.4. The molecule has 1 heterocycles. The molecule has 10 heteroatoms. The average Bonchev–Trinajstić information content (AvgIpc) is 2.58. The molecule has 140 valence electrons. The second kappa shape index (κ2) is 11.3. The largest absolute Gasteiger partial charge is 0.480 e. The highest BCUT2D eigenvalue weighted by Gasteiger charge is 2.20. The summed E-state index contributed by atoms with van der Waals surface area (Å²) in [6, 6.07) is 0. The third kappa shape index (κ3) is 9.11. The van der Waals surface area contributed by atoms with E-state index in [1.807, 2.05) is 4.90 Å². The lowest BCUT2D eigenvalue weighted by Crippen LogP contribution is -2.46. The molecule has 1 atom stereocenters. The molecule has 0 saturated carbocycles. The minimum atomic E-state index is -0.921. The molecule has 1 aliphatic heterocycles. The van der Waals surface area contributed by atoms with Crippen LogP contribution in [0.3, 0.4) is 0 Å². The summed E-state index contributed by atoms with van der Waals surface area (Å²) in [4.78, 5) is 27.4. The van der Waals surface area contributed by atoms with E-state index in [4.69, 9.17) is 15.3 Å². The first-order valence-corrected chi connectivity index (χ1v) is 8.03. The lowest BCUT2D eigenvalue weighted by atomic mass is 10.3. The van der Waals surface area contributed by atoms with Gasteiger partial charge in [0.1, 0.15) is 6.23 Å². The molecule has 0 bridgehead atoms. The fourth-order valence-corrected chi connectivity index (χ4v) is 2.61. The summed E-state index contributed by atoms with van der Waals surface area (Å²) in [5, 5.41) is 39.4. The SMILES string of the molecule is O=C(O)CN1CCN(CC(=O)O)CCN(CC(O)NCCO)CC1. The molecule has 0 aromatic rings. The van der Waals surface area contributed by atoms with Crippen molar-refractivity contribution < 1.29 is 30.0 Å². The summed E-state index contributed by atoms with van der Waals surface area (Å²) >= 11 is 0. The Morgan fingerprint density at radius 1 is 0.875 bits per heavy atom. The van der Waals surface area contributed by atoms with E-state index < -0.39 is 18.2 Å². The van der Waals surface area contributed by atoms with E-state index in [0.717, 1.165) is 0 Å². The molecule has 24 heavy (non-hydrogen) atoms. The minimum absolute atomic E-state index is 0.0736. The number of nitrogens with one attached hydrogen (secondary N) is 1. The maximum absolute atomic E-state index is 11.0. The number of β-amino-alcohol motifs (C(OH)–C–C–N with tert-alkyl or cyclic N) is 1. The van der Waals surface area contributed by atoms with Crippen LogP contribution in [0.15, 0.2) is 0 Å². The van der Waals surface area contributed by atoms with Crippen molar-refractivity contribution in [3.05, 3.63) is 0 Å². The summed E-state index contributed by atoms with van der Waals surface area (Å²) in [7, 11) is 0. The Labute approximate surface area is 141 Å². The van der Waals surface area contributed by atoms with Crippen molar-refractivity contribution in [2.24, 2.45) is 0 Å². The zero-order valence-corrected chi connectivity index (χ0v) is 13.8. The van der Waals surface area contributed by atoms with Gasteiger partial charge < -0.3 is 20.4 Å². The van der Waals surface area contributed by atoms with Gasteiger partial charge in [-0.2, -0.15) is 0 Å². The Kier molecular flexibility index (Phi) is 9.76. The van der Waals surface area contributed by atoms with E-state index in [2.05, 4.69) is 5.32 Å². The quantitative estimate of drug-likeness (QED) is 0.274. The molecule has 5 N–H and O–H groups in total. The Morgan fingerprint density at radius 3 is 1.67 bits per heavy atom.